The maximum Gasteiger partial charge on any atom is 0.173 e. The Morgan fingerprint density at radius 2 is 1.83 bits per heavy atom. The fourth-order valence-corrected chi connectivity index (χ4v) is 2.61. The Labute approximate surface area is 153 Å². The summed E-state index contributed by atoms with van der Waals surface area (Å²) in [6.07, 6.45) is 0. The van der Waals surface area contributed by atoms with E-state index in [2.05, 4.69) is 27.2 Å². The topological polar surface area (TPSA) is 18.5 Å². The van der Waals surface area contributed by atoms with Gasteiger partial charge in [-0.1, -0.05) is 41.9 Å². The van der Waals surface area contributed by atoms with Crippen LogP contribution in [0.3, 0.4) is 0 Å². The SMILES string of the molecule is CN(C)CCN(Cc1ccccc1)C(=S)Nc1ccc(F)c(Cl)c1. The summed E-state index contributed by atoms with van der Waals surface area (Å²) in [5, 5.41) is 3.80. The number of rotatable bonds is 6. The maximum absolute atomic E-state index is 13.3. The van der Waals surface area contributed by atoms with Gasteiger partial charge in [0.1, 0.15) is 5.82 Å². The van der Waals surface area contributed by atoms with Crippen molar-refractivity contribution < 1.29 is 4.39 Å². The molecule has 0 fully saturated rings. The fourth-order valence-electron chi connectivity index (χ4n) is 2.15. The van der Waals surface area contributed by atoms with Crippen molar-refractivity contribution in [2.24, 2.45) is 0 Å². The zero-order chi connectivity index (χ0) is 17.5. The van der Waals surface area contributed by atoms with E-state index in [1.807, 2.05) is 32.3 Å². The number of thiocarbonyl (C=S) groups is 1. The highest BCUT2D eigenvalue weighted by atomic mass is 35.5. The number of nitrogens with one attached hydrogen (secondary N) is 1. The quantitative estimate of drug-likeness (QED) is 0.771. The molecule has 0 aromatic heterocycles. The first-order valence-electron chi connectivity index (χ1n) is 7.65. The van der Waals surface area contributed by atoms with Crippen molar-refractivity contribution in [2.45, 2.75) is 6.54 Å². The van der Waals surface area contributed by atoms with Gasteiger partial charge in [0.25, 0.3) is 0 Å². The Morgan fingerprint density at radius 3 is 2.46 bits per heavy atom. The minimum atomic E-state index is -0.443. The second kappa shape index (κ2) is 8.97. The molecule has 128 valence electrons. The fraction of sp³-hybridized carbons (Fsp3) is 0.278. The molecular weight excluding hydrogens is 345 g/mol. The van der Waals surface area contributed by atoms with Crippen molar-refractivity contribution in [3.8, 4) is 0 Å². The highest BCUT2D eigenvalue weighted by Gasteiger charge is 2.12. The molecule has 2 aromatic rings. The predicted octanol–water partition coefficient (Wildman–Crippen LogP) is 4.24. The van der Waals surface area contributed by atoms with E-state index in [4.69, 9.17) is 23.8 Å². The Hall–Kier alpha value is -1.69. The summed E-state index contributed by atoms with van der Waals surface area (Å²) in [6, 6.07) is 14.6. The van der Waals surface area contributed by atoms with Gasteiger partial charge in [-0.05, 0) is 50.1 Å². The average molecular weight is 366 g/mol. The molecule has 0 saturated heterocycles. The van der Waals surface area contributed by atoms with Crippen LogP contribution >= 0.6 is 23.8 Å². The molecule has 24 heavy (non-hydrogen) atoms. The number of likely N-dealkylation sites (N-methyl/N-ethyl adjacent to an activating group) is 1. The van der Waals surface area contributed by atoms with Gasteiger partial charge in [-0.25, -0.2) is 4.39 Å². The average Bonchev–Trinajstić information content (AvgIpc) is 2.55. The Balaban J connectivity index is 2.09. The minimum absolute atomic E-state index is 0.0747. The zero-order valence-electron chi connectivity index (χ0n) is 13.8. The zero-order valence-corrected chi connectivity index (χ0v) is 15.4. The summed E-state index contributed by atoms with van der Waals surface area (Å²) in [5.74, 6) is -0.443. The lowest BCUT2D eigenvalue weighted by atomic mass is 10.2. The number of nitrogens with zero attached hydrogens (tertiary/aromatic N) is 2. The van der Waals surface area contributed by atoms with Gasteiger partial charge in [0.15, 0.2) is 5.11 Å². The molecule has 0 aliphatic rings. The highest BCUT2D eigenvalue weighted by Crippen LogP contribution is 2.20. The Bertz CT molecular complexity index is 679. The Morgan fingerprint density at radius 1 is 1.12 bits per heavy atom. The number of hydrogen-bond donors (Lipinski definition) is 1. The van der Waals surface area contributed by atoms with E-state index in [1.54, 1.807) is 6.07 Å². The molecule has 0 radical (unpaired) electrons. The van der Waals surface area contributed by atoms with Gasteiger partial charge in [-0.15, -0.1) is 0 Å². The van der Waals surface area contributed by atoms with Crippen LogP contribution in [0.4, 0.5) is 10.1 Å². The lowest BCUT2D eigenvalue weighted by Gasteiger charge is -2.27. The molecule has 0 amide bonds. The summed E-state index contributed by atoms with van der Waals surface area (Å²) >= 11 is 11.4. The molecule has 0 heterocycles. The first-order chi connectivity index (χ1) is 11.5. The van der Waals surface area contributed by atoms with Crippen LogP contribution in [-0.4, -0.2) is 42.1 Å². The van der Waals surface area contributed by atoms with Crippen LogP contribution in [0.5, 0.6) is 0 Å². The first kappa shape index (κ1) is 18.6. The summed E-state index contributed by atoms with van der Waals surface area (Å²) in [7, 11) is 4.05. The van der Waals surface area contributed by atoms with Gasteiger partial charge < -0.3 is 15.1 Å². The van der Waals surface area contributed by atoms with E-state index in [0.717, 1.165) is 13.1 Å². The van der Waals surface area contributed by atoms with E-state index in [-0.39, 0.29) is 5.02 Å². The third kappa shape index (κ3) is 5.74. The monoisotopic (exact) mass is 365 g/mol. The molecule has 0 spiro atoms. The molecular formula is C18H21ClFN3S. The number of halogens is 2. The van der Waals surface area contributed by atoms with E-state index in [9.17, 15) is 4.39 Å². The number of anilines is 1. The van der Waals surface area contributed by atoms with Crippen LogP contribution in [-0.2, 0) is 6.54 Å². The lowest BCUT2D eigenvalue weighted by molar-refractivity contribution is 0.328. The predicted molar refractivity (Wildman–Crippen MR) is 103 cm³/mol. The molecule has 1 N–H and O–H groups in total. The molecule has 0 saturated carbocycles. The first-order valence-corrected chi connectivity index (χ1v) is 8.44. The van der Waals surface area contributed by atoms with E-state index in [0.29, 0.717) is 17.3 Å². The van der Waals surface area contributed by atoms with Gasteiger partial charge in [0.05, 0.1) is 5.02 Å². The second-order valence-corrected chi connectivity index (χ2v) is 6.56. The van der Waals surface area contributed by atoms with Gasteiger partial charge in [-0.3, -0.25) is 0 Å². The van der Waals surface area contributed by atoms with Crippen molar-refractivity contribution in [2.75, 3.05) is 32.5 Å². The van der Waals surface area contributed by atoms with E-state index in [1.165, 1.54) is 17.7 Å². The summed E-state index contributed by atoms with van der Waals surface area (Å²) in [5.41, 5.74) is 1.85. The molecule has 0 bridgehead atoms. The van der Waals surface area contributed by atoms with Gasteiger partial charge in [-0.2, -0.15) is 0 Å². The minimum Gasteiger partial charge on any atom is -0.343 e. The standard InChI is InChI=1S/C18H21ClFN3S/c1-22(2)10-11-23(13-14-6-4-3-5-7-14)18(24)21-15-8-9-17(20)16(19)12-15/h3-9,12H,10-11,13H2,1-2H3,(H,21,24). The van der Waals surface area contributed by atoms with Crippen LogP contribution < -0.4 is 5.32 Å². The van der Waals surface area contributed by atoms with Crippen LogP contribution in [0.1, 0.15) is 5.56 Å². The van der Waals surface area contributed by atoms with Crippen molar-refractivity contribution in [1.29, 1.82) is 0 Å². The van der Waals surface area contributed by atoms with E-state index < -0.39 is 5.82 Å². The van der Waals surface area contributed by atoms with Crippen molar-refractivity contribution in [3.05, 3.63) is 64.9 Å². The van der Waals surface area contributed by atoms with Crippen molar-refractivity contribution >= 4 is 34.6 Å². The molecule has 0 atom stereocenters. The molecule has 2 aromatic carbocycles. The lowest BCUT2D eigenvalue weighted by Crippen LogP contribution is -2.38. The highest BCUT2D eigenvalue weighted by molar-refractivity contribution is 7.80. The van der Waals surface area contributed by atoms with Gasteiger partial charge in [0, 0.05) is 25.3 Å². The largest absolute Gasteiger partial charge is 0.343 e. The maximum atomic E-state index is 13.3. The molecule has 3 nitrogen and oxygen atoms in total. The summed E-state index contributed by atoms with van der Waals surface area (Å²) < 4.78 is 13.3. The number of benzene rings is 2. The molecule has 0 aliphatic heterocycles. The van der Waals surface area contributed by atoms with Crippen LogP contribution in [0.15, 0.2) is 48.5 Å². The molecule has 0 unspecified atom stereocenters. The molecule has 6 heteroatoms. The third-order valence-corrected chi connectivity index (χ3v) is 4.14. The van der Waals surface area contributed by atoms with E-state index >= 15 is 0 Å². The smallest absolute Gasteiger partial charge is 0.173 e. The summed E-state index contributed by atoms with van der Waals surface area (Å²) in [4.78, 5) is 4.19. The molecule has 0 aliphatic carbocycles. The van der Waals surface area contributed by atoms with Crippen LogP contribution in [0.2, 0.25) is 5.02 Å². The molecule has 2 rings (SSSR count). The van der Waals surface area contributed by atoms with Gasteiger partial charge >= 0.3 is 0 Å². The summed E-state index contributed by atoms with van der Waals surface area (Å²) in [6.45, 7) is 2.36. The Kier molecular flexibility index (Phi) is 6.97. The second-order valence-electron chi connectivity index (χ2n) is 5.77. The van der Waals surface area contributed by atoms with Gasteiger partial charge in [0.2, 0.25) is 0 Å². The van der Waals surface area contributed by atoms with Crippen molar-refractivity contribution in [1.82, 2.24) is 9.80 Å². The normalized spacial score (nSPS) is 10.7. The van der Waals surface area contributed by atoms with Crippen molar-refractivity contribution in [3.63, 3.8) is 0 Å². The number of hydrogen-bond acceptors (Lipinski definition) is 2. The third-order valence-electron chi connectivity index (χ3n) is 3.49. The van der Waals surface area contributed by atoms with Crippen LogP contribution in [0, 0.1) is 5.82 Å². The van der Waals surface area contributed by atoms with Crippen LogP contribution in [0.25, 0.3) is 0 Å².